The normalized spacial score (nSPS) is 10.8. The van der Waals surface area contributed by atoms with Gasteiger partial charge < -0.3 is 20.9 Å². The zero-order valence-corrected chi connectivity index (χ0v) is 17.3. The van der Waals surface area contributed by atoms with Gasteiger partial charge in [0.25, 0.3) is 5.91 Å². The molecule has 6 nitrogen and oxygen atoms in total. The molecule has 3 aromatic carbocycles. The standard InChI is InChI=1S/C25H23FN4O2/c26-19-10-8-17(9-11-19)14-27-16-24(31)30-23-6-2-1-5-21(23)25(32)29-15-18-4-3-7-22-20(18)12-13-28-22/h1-13,27-28H,14-16H2,(H,29,32)(H,30,31). The predicted molar refractivity (Wildman–Crippen MR) is 123 cm³/mol. The number of aromatic amines is 1. The number of amides is 2. The Morgan fingerprint density at radius 3 is 2.53 bits per heavy atom. The molecule has 4 N–H and O–H groups in total. The summed E-state index contributed by atoms with van der Waals surface area (Å²) in [4.78, 5) is 28.3. The van der Waals surface area contributed by atoms with Crippen molar-refractivity contribution in [3.63, 3.8) is 0 Å². The lowest BCUT2D eigenvalue weighted by Gasteiger charge is -2.12. The van der Waals surface area contributed by atoms with Crippen LogP contribution in [0.3, 0.4) is 0 Å². The summed E-state index contributed by atoms with van der Waals surface area (Å²) < 4.78 is 13.0. The van der Waals surface area contributed by atoms with Crippen molar-refractivity contribution in [3.05, 3.63) is 102 Å². The molecule has 0 atom stereocenters. The van der Waals surface area contributed by atoms with E-state index in [9.17, 15) is 14.0 Å². The van der Waals surface area contributed by atoms with E-state index >= 15 is 0 Å². The number of hydrogen-bond donors (Lipinski definition) is 4. The van der Waals surface area contributed by atoms with Gasteiger partial charge in [-0.1, -0.05) is 36.4 Å². The Bertz CT molecular complexity index is 1230. The van der Waals surface area contributed by atoms with Crippen LogP contribution in [0.25, 0.3) is 10.9 Å². The Labute approximate surface area is 184 Å². The molecule has 0 saturated carbocycles. The fraction of sp³-hybridized carbons (Fsp3) is 0.120. The fourth-order valence-electron chi connectivity index (χ4n) is 3.48. The van der Waals surface area contributed by atoms with E-state index in [0.29, 0.717) is 24.3 Å². The average Bonchev–Trinajstić information content (AvgIpc) is 3.29. The van der Waals surface area contributed by atoms with Gasteiger partial charge in [0.05, 0.1) is 17.8 Å². The minimum absolute atomic E-state index is 0.0583. The highest BCUT2D eigenvalue weighted by Gasteiger charge is 2.13. The molecule has 0 saturated heterocycles. The topological polar surface area (TPSA) is 86.0 Å². The number of anilines is 1. The number of halogens is 1. The van der Waals surface area contributed by atoms with Gasteiger partial charge in [-0.2, -0.15) is 0 Å². The van der Waals surface area contributed by atoms with E-state index in [-0.39, 0.29) is 24.2 Å². The number of carbonyl (C=O) groups excluding carboxylic acids is 2. The van der Waals surface area contributed by atoms with E-state index in [1.54, 1.807) is 36.4 Å². The smallest absolute Gasteiger partial charge is 0.253 e. The minimum Gasteiger partial charge on any atom is -0.361 e. The summed E-state index contributed by atoms with van der Waals surface area (Å²) in [6, 6.07) is 20.8. The Morgan fingerprint density at radius 1 is 0.875 bits per heavy atom. The van der Waals surface area contributed by atoms with Gasteiger partial charge in [-0.15, -0.1) is 0 Å². The van der Waals surface area contributed by atoms with Crippen molar-refractivity contribution in [3.8, 4) is 0 Å². The number of benzene rings is 3. The SMILES string of the molecule is O=C(CNCc1ccc(F)cc1)Nc1ccccc1C(=O)NCc1cccc2[nH]ccc12. The number of fused-ring (bicyclic) bond motifs is 1. The summed E-state index contributed by atoms with van der Waals surface area (Å²) in [5.74, 6) is -0.844. The highest BCUT2D eigenvalue weighted by atomic mass is 19.1. The summed E-state index contributed by atoms with van der Waals surface area (Å²) in [7, 11) is 0. The van der Waals surface area contributed by atoms with E-state index < -0.39 is 0 Å². The third-order valence-electron chi connectivity index (χ3n) is 5.10. The van der Waals surface area contributed by atoms with Gasteiger partial charge in [-0.25, -0.2) is 4.39 Å². The number of carbonyl (C=O) groups is 2. The number of aromatic nitrogens is 1. The lowest BCUT2D eigenvalue weighted by molar-refractivity contribution is -0.115. The molecule has 2 amide bonds. The Balaban J connectivity index is 1.34. The van der Waals surface area contributed by atoms with Gasteiger partial charge in [0.2, 0.25) is 5.91 Å². The van der Waals surface area contributed by atoms with Crippen LogP contribution in [-0.2, 0) is 17.9 Å². The third kappa shape index (κ3) is 5.19. The molecule has 0 fully saturated rings. The lowest BCUT2D eigenvalue weighted by atomic mass is 10.1. The second-order valence-corrected chi connectivity index (χ2v) is 7.36. The molecule has 4 rings (SSSR count). The summed E-state index contributed by atoms with van der Waals surface area (Å²) >= 11 is 0. The number of hydrogen-bond acceptors (Lipinski definition) is 3. The Morgan fingerprint density at radius 2 is 1.69 bits per heavy atom. The predicted octanol–water partition coefficient (Wildman–Crippen LogP) is 3.97. The van der Waals surface area contributed by atoms with Crippen LogP contribution in [0, 0.1) is 5.82 Å². The first-order chi connectivity index (χ1) is 15.6. The second kappa shape index (κ2) is 9.89. The maximum atomic E-state index is 13.0. The fourth-order valence-corrected chi connectivity index (χ4v) is 3.48. The molecule has 162 valence electrons. The molecule has 0 aliphatic heterocycles. The summed E-state index contributed by atoms with van der Waals surface area (Å²) in [6.45, 7) is 0.860. The van der Waals surface area contributed by atoms with Crippen molar-refractivity contribution in [1.29, 1.82) is 0 Å². The number of rotatable bonds is 8. The van der Waals surface area contributed by atoms with Crippen molar-refractivity contribution in [2.45, 2.75) is 13.1 Å². The van der Waals surface area contributed by atoms with Crippen LogP contribution in [0.2, 0.25) is 0 Å². The van der Waals surface area contributed by atoms with Crippen LogP contribution in [0.1, 0.15) is 21.5 Å². The van der Waals surface area contributed by atoms with Gasteiger partial charge in [0, 0.05) is 30.2 Å². The average molecular weight is 430 g/mol. The molecule has 1 aromatic heterocycles. The molecule has 4 aromatic rings. The maximum Gasteiger partial charge on any atom is 0.253 e. The van der Waals surface area contributed by atoms with Crippen LogP contribution in [0.15, 0.2) is 79.0 Å². The summed E-state index contributed by atoms with van der Waals surface area (Å²) in [5.41, 5.74) is 3.72. The van der Waals surface area contributed by atoms with Gasteiger partial charge >= 0.3 is 0 Å². The molecule has 0 bridgehead atoms. The first-order valence-corrected chi connectivity index (χ1v) is 10.3. The zero-order valence-electron chi connectivity index (χ0n) is 17.3. The van der Waals surface area contributed by atoms with E-state index in [2.05, 4.69) is 20.9 Å². The first-order valence-electron chi connectivity index (χ1n) is 10.3. The molecule has 0 unspecified atom stereocenters. The first kappa shape index (κ1) is 21.3. The summed E-state index contributed by atoms with van der Waals surface area (Å²) in [5, 5.41) is 9.78. The van der Waals surface area contributed by atoms with Crippen LogP contribution in [0.5, 0.6) is 0 Å². The lowest BCUT2D eigenvalue weighted by Crippen LogP contribution is -2.29. The van der Waals surface area contributed by atoms with Crippen LogP contribution in [-0.4, -0.2) is 23.3 Å². The molecular weight excluding hydrogens is 407 g/mol. The zero-order chi connectivity index (χ0) is 22.3. The van der Waals surface area contributed by atoms with Gasteiger partial charge in [0.15, 0.2) is 0 Å². The second-order valence-electron chi connectivity index (χ2n) is 7.36. The molecule has 1 heterocycles. The van der Waals surface area contributed by atoms with Crippen LogP contribution in [0.4, 0.5) is 10.1 Å². The number of H-pyrrole nitrogens is 1. The van der Waals surface area contributed by atoms with E-state index in [1.165, 1.54) is 12.1 Å². The molecule has 0 spiro atoms. The van der Waals surface area contributed by atoms with E-state index in [0.717, 1.165) is 22.0 Å². The minimum atomic E-state index is -0.300. The van der Waals surface area contributed by atoms with Crippen LogP contribution < -0.4 is 16.0 Å². The van der Waals surface area contributed by atoms with E-state index in [4.69, 9.17) is 0 Å². The monoisotopic (exact) mass is 430 g/mol. The molecule has 32 heavy (non-hydrogen) atoms. The quantitative estimate of drug-likeness (QED) is 0.341. The van der Waals surface area contributed by atoms with Crippen molar-refractivity contribution >= 4 is 28.4 Å². The van der Waals surface area contributed by atoms with Gasteiger partial charge in [-0.3, -0.25) is 9.59 Å². The number of nitrogens with one attached hydrogen (secondary N) is 4. The van der Waals surface area contributed by atoms with Crippen LogP contribution >= 0.6 is 0 Å². The third-order valence-corrected chi connectivity index (χ3v) is 5.10. The molecular formula is C25H23FN4O2. The summed E-state index contributed by atoms with van der Waals surface area (Å²) in [6.07, 6.45) is 1.87. The highest BCUT2D eigenvalue weighted by Crippen LogP contribution is 2.18. The van der Waals surface area contributed by atoms with E-state index in [1.807, 2.05) is 30.5 Å². The molecule has 0 aliphatic carbocycles. The van der Waals surface area contributed by atoms with Gasteiger partial charge in [-0.05, 0) is 47.5 Å². The largest absolute Gasteiger partial charge is 0.361 e. The van der Waals surface area contributed by atoms with Crippen molar-refractivity contribution < 1.29 is 14.0 Å². The van der Waals surface area contributed by atoms with Crippen molar-refractivity contribution in [1.82, 2.24) is 15.6 Å². The Hall–Kier alpha value is -3.97. The van der Waals surface area contributed by atoms with Crippen molar-refractivity contribution in [2.24, 2.45) is 0 Å². The number of para-hydroxylation sites is 1. The molecule has 0 radical (unpaired) electrons. The molecule has 0 aliphatic rings. The maximum absolute atomic E-state index is 13.0. The van der Waals surface area contributed by atoms with Crippen molar-refractivity contribution in [2.75, 3.05) is 11.9 Å². The highest BCUT2D eigenvalue weighted by molar-refractivity contribution is 6.04. The molecule has 7 heteroatoms. The van der Waals surface area contributed by atoms with Gasteiger partial charge in [0.1, 0.15) is 5.82 Å². The Kier molecular flexibility index (Phi) is 6.57.